The molecule has 1 fully saturated rings. The van der Waals surface area contributed by atoms with Gasteiger partial charge in [0.05, 0.1) is 5.56 Å². The standard InChI is InChI=1S/C23H28N2O3/c1-23(2,3)18-11-9-17(10-12-18)21(27)24-13-6-14-25(16-15-24)22(28)19-7-4-5-8-20(19)26/h4-5,7-12,26H,6,13-16H2,1-3H3. The van der Waals surface area contributed by atoms with Gasteiger partial charge >= 0.3 is 0 Å². The van der Waals surface area contributed by atoms with Crippen LogP contribution in [0.3, 0.4) is 0 Å². The summed E-state index contributed by atoms with van der Waals surface area (Å²) in [5.41, 5.74) is 2.22. The first kappa shape index (κ1) is 19.9. The molecule has 28 heavy (non-hydrogen) atoms. The summed E-state index contributed by atoms with van der Waals surface area (Å²) in [6.45, 7) is 8.57. The van der Waals surface area contributed by atoms with Gasteiger partial charge in [0.1, 0.15) is 5.75 Å². The smallest absolute Gasteiger partial charge is 0.257 e. The lowest BCUT2D eigenvalue weighted by Crippen LogP contribution is -2.37. The van der Waals surface area contributed by atoms with E-state index in [1.54, 1.807) is 23.1 Å². The number of rotatable bonds is 2. The lowest BCUT2D eigenvalue weighted by atomic mass is 9.86. The third kappa shape index (κ3) is 4.35. The van der Waals surface area contributed by atoms with Gasteiger partial charge in [0, 0.05) is 31.7 Å². The molecule has 5 heteroatoms. The van der Waals surface area contributed by atoms with Gasteiger partial charge in [-0.1, -0.05) is 45.0 Å². The molecule has 0 radical (unpaired) electrons. The summed E-state index contributed by atoms with van der Waals surface area (Å²) in [7, 11) is 0. The van der Waals surface area contributed by atoms with Gasteiger partial charge in [-0.05, 0) is 41.7 Å². The van der Waals surface area contributed by atoms with Crippen molar-refractivity contribution in [2.24, 2.45) is 0 Å². The minimum Gasteiger partial charge on any atom is -0.507 e. The summed E-state index contributed by atoms with van der Waals surface area (Å²) in [5.74, 6) is -0.206. The van der Waals surface area contributed by atoms with E-state index in [-0.39, 0.29) is 23.0 Å². The highest BCUT2D eigenvalue weighted by Gasteiger charge is 2.25. The molecule has 1 N–H and O–H groups in total. The van der Waals surface area contributed by atoms with Crippen molar-refractivity contribution in [1.29, 1.82) is 0 Å². The number of hydrogen-bond donors (Lipinski definition) is 1. The Labute approximate surface area is 166 Å². The van der Waals surface area contributed by atoms with Crippen LogP contribution < -0.4 is 0 Å². The van der Waals surface area contributed by atoms with Gasteiger partial charge in [0.2, 0.25) is 0 Å². The average molecular weight is 380 g/mol. The highest BCUT2D eigenvalue weighted by molar-refractivity contribution is 5.97. The Morgan fingerprint density at radius 3 is 1.96 bits per heavy atom. The highest BCUT2D eigenvalue weighted by Crippen LogP contribution is 2.23. The van der Waals surface area contributed by atoms with Gasteiger partial charge in [-0.2, -0.15) is 0 Å². The minimum atomic E-state index is -0.193. The number of aromatic hydroxyl groups is 1. The van der Waals surface area contributed by atoms with E-state index in [2.05, 4.69) is 20.8 Å². The van der Waals surface area contributed by atoms with Crippen molar-refractivity contribution in [3.05, 3.63) is 65.2 Å². The maximum absolute atomic E-state index is 12.9. The second-order valence-corrected chi connectivity index (χ2v) is 8.28. The van der Waals surface area contributed by atoms with Crippen LogP contribution in [0.25, 0.3) is 0 Å². The van der Waals surface area contributed by atoms with E-state index in [9.17, 15) is 14.7 Å². The van der Waals surface area contributed by atoms with E-state index in [1.165, 1.54) is 11.6 Å². The SMILES string of the molecule is CC(C)(C)c1ccc(C(=O)N2CCCN(C(=O)c3ccccc3O)CC2)cc1. The Morgan fingerprint density at radius 1 is 0.821 bits per heavy atom. The van der Waals surface area contributed by atoms with Gasteiger partial charge in [0.25, 0.3) is 11.8 Å². The van der Waals surface area contributed by atoms with Crippen LogP contribution in [0.5, 0.6) is 5.75 Å². The second kappa shape index (κ2) is 8.05. The van der Waals surface area contributed by atoms with Crippen LogP contribution in [-0.4, -0.2) is 52.9 Å². The average Bonchev–Trinajstić information content (AvgIpc) is 2.93. The van der Waals surface area contributed by atoms with E-state index in [1.807, 2.05) is 29.2 Å². The summed E-state index contributed by atoms with van der Waals surface area (Å²) < 4.78 is 0. The largest absolute Gasteiger partial charge is 0.507 e. The van der Waals surface area contributed by atoms with Crippen molar-refractivity contribution in [2.75, 3.05) is 26.2 Å². The quantitative estimate of drug-likeness (QED) is 0.865. The van der Waals surface area contributed by atoms with Crippen LogP contribution in [-0.2, 0) is 5.41 Å². The molecule has 2 amide bonds. The zero-order valence-electron chi connectivity index (χ0n) is 16.8. The number of benzene rings is 2. The van der Waals surface area contributed by atoms with Crippen LogP contribution in [0.4, 0.5) is 0 Å². The number of amides is 2. The molecule has 1 aliphatic rings. The normalized spacial score (nSPS) is 15.2. The Kier molecular flexibility index (Phi) is 5.73. The molecular weight excluding hydrogens is 352 g/mol. The lowest BCUT2D eigenvalue weighted by Gasteiger charge is -2.23. The molecule has 5 nitrogen and oxygen atoms in total. The van der Waals surface area contributed by atoms with Crippen molar-refractivity contribution in [3.63, 3.8) is 0 Å². The number of para-hydroxylation sites is 1. The van der Waals surface area contributed by atoms with Crippen molar-refractivity contribution < 1.29 is 14.7 Å². The minimum absolute atomic E-state index is 0.00248. The molecular formula is C23H28N2O3. The second-order valence-electron chi connectivity index (χ2n) is 8.28. The van der Waals surface area contributed by atoms with Gasteiger partial charge in [0.15, 0.2) is 0 Å². The van der Waals surface area contributed by atoms with E-state index >= 15 is 0 Å². The van der Waals surface area contributed by atoms with Crippen LogP contribution >= 0.6 is 0 Å². The molecule has 1 aliphatic heterocycles. The molecule has 2 aromatic carbocycles. The molecule has 3 rings (SSSR count). The summed E-state index contributed by atoms with van der Waals surface area (Å²) in [4.78, 5) is 29.1. The van der Waals surface area contributed by atoms with E-state index in [0.717, 1.165) is 0 Å². The van der Waals surface area contributed by atoms with Crippen molar-refractivity contribution in [3.8, 4) is 5.75 Å². The molecule has 0 aromatic heterocycles. The summed E-state index contributed by atoms with van der Waals surface area (Å²) in [6, 6.07) is 14.4. The number of phenolic OH excluding ortho intramolecular Hbond substituents is 1. The van der Waals surface area contributed by atoms with Gasteiger partial charge < -0.3 is 14.9 Å². The van der Waals surface area contributed by atoms with Crippen molar-refractivity contribution in [2.45, 2.75) is 32.6 Å². The highest BCUT2D eigenvalue weighted by atomic mass is 16.3. The van der Waals surface area contributed by atoms with E-state index in [0.29, 0.717) is 43.7 Å². The fourth-order valence-electron chi connectivity index (χ4n) is 3.44. The summed E-state index contributed by atoms with van der Waals surface area (Å²) >= 11 is 0. The van der Waals surface area contributed by atoms with Crippen molar-refractivity contribution in [1.82, 2.24) is 9.80 Å². The molecule has 1 saturated heterocycles. The fraction of sp³-hybridized carbons (Fsp3) is 0.391. The van der Waals surface area contributed by atoms with Crippen LogP contribution in [0, 0.1) is 0 Å². The van der Waals surface area contributed by atoms with E-state index < -0.39 is 0 Å². The van der Waals surface area contributed by atoms with Crippen molar-refractivity contribution >= 4 is 11.8 Å². The predicted molar refractivity (Wildman–Crippen MR) is 110 cm³/mol. The first-order chi connectivity index (χ1) is 13.3. The van der Waals surface area contributed by atoms with Crippen LogP contribution in [0.1, 0.15) is 53.5 Å². The first-order valence-corrected chi connectivity index (χ1v) is 9.74. The molecule has 1 heterocycles. The topological polar surface area (TPSA) is 60.9 Å². The maximum atomic E-state index is 12.9. The molecule has 0 bridgehead atoms. The van der Waals surface area contributed by atoms with Crippen LogP contribution in [0.15, 0.2) is 48.5 Å². The molecule has 0 saturated carbocycles. The monoisotopic (exact) mass is 380 g/mol. The first-order valence-electron chi connectivity index (χ1n) is 9.74. The lowest BCUT2D eigenvalue weighted by molar-refractivity contribution is 0.0717. The number of carbonyl (C=O) groups is 2. The third-order valence-electron chi connectivity index (χ3n) is 5.20. The Bertz CT molecular complexity index is 853. The molecule has 0 atom stereocenters. The number of nitrogens with zero attached hydrogens (tertiary/aromatic N) is 2. The Hall–Kier alpha value is -2.82. The zero-order valence-corrected chi connectivity index (χ0v) is 16.8. The molecule has 148 valence electrons. The molecule has 0 aliphatic carbocycles. The predicted octanol–water partition coefficient (Wildman–Crippen LogP) is 3.68. The number of phenols is 1. The Balaban J connectivity index is 1.67. The van der Waals surface area contributed by atoms with Gasteiger partial charge in [-0.25, -0.2) is 0 Å². The fourth-order valence-corrected chi connectivity index (χ4v) is 3.44. The summed E-state index contributed by atoms with van der Waals surface area (Å²) in [6.07, 6.45) is 0.713. The third-order valence-corrected chi connectivity index (χ3v) is 5.20. The zero-order chi connectivity index (χ0) is 20.3. The van der Waals surface area contributed by atoms with Gasteiger partial charge in [-0.3, -0.25) is 9.59 Å². The van der Waals surface area contributed by atoms with Gasteiger partial charge in [-0.15, -0.1) is 0 Å². The summed E-state index contributed by atoms with van der Waals surface area (Å²) in [5, 5.41) is 9.94. The molecule has 2 aromatic rings. The maximum Gasteiger partial charge on any atom is 0.257 e. The van der Waals surface area contributed by atoms with Crippen LogP contribution in [0.2, 0.25) is 0 Å². The Morgan fingerprint density at radius 2 is 1.39 bits per heavy atom. The molecule has 0 unspecified atom stereocenters. The molecule has 0 spiro atoms. The van der Waals surface area contributed by atoms with E-state index in [4.69, 9.17) is 0 Å². The number of hydrogen-bond acceptors (Lipinski definition) is 3. The number of carbonyl (C=O) groups excluding carboxylic acids is 2.